The molecule has 0 radical (unpaired) electrons. The van der Waals surface area contributed by atoms with Crippen LogP contribution in [0, 0.1) is 6.92 Å². The Morgan fingerprint density at radius 1 is 1.08 bits per heavy atom. The van der Waals surface area contributed by atoms with E-state index in [0.717, 1.165) is 11.1 Å². The molecule has 0 unspecified atom stereocenters. The molecule has 1 heterocycles. The van der Waals surface area contributed by atoms with E-state index in [1.165, 1.54) is 4.90 Å². The molecule has 0 spiro atoms. The van der Waals surface area contributed by atoms with Crippen molar-refractivity contribution in [3.63, 3.8) is 0 Å². The van der Waals surface area contributed by atoms with Gasteiger partial charge in [-0.15, -0.1) is 10.2 Å². The highest BCUT2D eigenvalue weighted by Crippen LogP contribution is 2.19. The smallest absolute Gasteiger partial charge is 0.254 e. The fraction of sp³-hybridized carbons (Fsp3) is 0.167. The second kappa shape index (κ2) is 6.84. The molecule has 0 fully saturated rings. The summed E-state index contributed by atoms with van der Waals surface area (Å²) in [7, 11) is 1.69. The SMILES string of the molecule is Cc1ccc(-c2nnc(CN(C)C(=O)c3ccc(Cl)cc3)o2)cc1. The van der Waals surface area contributed by atoms with Crippen LogP contribution in [0.1, 0.15) is 21.8 Å². The van der Waals surface area contributed by atoms with Crippen molar-refractivity contribution in [1.29, 1.82) is 0 Å². The van der Waals surface area contributed by atoms with E-state index in [1.807, 2.05) is 31.2 Å². The highest BCUT2D eigenvalue weighted by molar-refractivity contribution is 6.30. The van der Waals surface area contributed by atoms with Crippen LogP contribution in [0.15, 0.2) is 52.9 Å². The van der Waals surface area contributed by atoms with E-state index in [2.05, 4.69) is 10.2 Å². The molecule has 6 heteroatoms. The predicted octanol–water partition coefficient (Wildman–Crippen LogP) is 3.97. The number of aromatic nitrogens is 2. The summed E-state index contributed by atoms with van der Waals surface area (Å²) in [5, 5.41) is 8.65. The van der Waals surface area contributed by atoms with Gasteiger partial charge in [0.1, 0.15) is 0 Å². The standard InChI is InChI=1S/C18H16ClN3O2/c1-12-3-5-13(6-4-12)17-21-20-16(24-17)11-22(2)18(23)14-7-9-15(19)10-8-14/h3-10H,11H2,1-2H3. The van der Waals surface area contributed by atoms with Crippen molar-refractivity contribution in [1.82, 2.24) is 15.1 Å². The summed E-state index contributed by atoms with van der Waals surface area (Å²) in [4.78, 5) is 13.9. The van der Waals surface area contributed by atoms with Crippen molar-refractivity contribution in [2.45, 2.75) is 13.5 Å². The van der Waals surface area contributed by atoms with E-state index >= 15 is 0 Å². The van der Waals surface area contributed by atoms with Gasteiger partial charge in [0.25, 0.3) is 5.91 Å². The normalized spacial score (nSPS) is 10.6. The largest absolute Gasteiger partial charge is 0.419 e. The average molecular weight is 342 g/mol. The Morgan fingerprint density at radius 3 is 2.42 bits per heavy atom. The van der Waals surface area contributed by atoms with Gasteiger partial charge in [-0.2, -0.15) is 0 Å². The van der Waals surface area contributed by atoms with Crippen molar-refractivity contribution in [3.05, 3.63) is 70.6 Å². The zero-order valence-electron chi connectivity index (χ0n) is 13.4. The van der Waals surface area contributed by atoms with E-state index in [-0.39, 0.29) is 12.5 Å². The molecular formula is C18H16ClN3O2. The predicted molar refractivity (Wildman–Crippen MR) is 91.7 cm³/mol. The number of hydrogen-bond acceptors (Lipinski definition) is 4. The number of benzene rings is 2. The Labute approximate surface area is 144 Å². The van der Waals surface area contributed by atoms with Crippen molar-refractivity contribution in [2.75, 3.05) is 7.05 Å². The minimum Gasteiger partial charge on any atom is -0.419 e. The van der Waals surface area contributed by atoms with Crippen LogP contribution in [-0.2, 0) is 6.54 Å². The van der Waals surface area contributed by atoms with Crippen LogP contribution in [0.2, 0.25) is 5.02 Å². The maximum atomic E-state index is 12.4. The van der Waals surface area contributed by atoms with Gasteiger partial charge >= 0.3 is 0 Å². The van der Waals surface area contributed by atoms with Gasteiger partial charge in [-0.3, -0.25) is 4.79 Å². The summed E-state index contributed by atoms with van der Waals surface area (Å²) in [6, 6.07) is 14.6. The lowest BCUT2D eigenvalue weighted by atomic mass is 10.1. The Morgan fingerprint density at radius 2 is 1.75 bits per heavy atom. The highest BCUT2D eigenvalue weighted by atomic mass is 35.5. The first-order valence-corrected chi connectivity index (χ1v) is 7.81. The summed E-state index contributed by atoms with van der Waals surface area (Å²) >= 11 is 5.84. The van der Waals surface area contributed by atoms with Crippen LogP contribution in [-0.4, -0.2) is 28.1 Å². The Bertz CT molecular complexity index is 841. The van der Waals surface area contributed by atoms with Crippen molar-refractivity contribution >= 4 is 17.5 Å². The molecule has 5 nitrogen and oxygen atoms in total. The fourth-order valence-electron chi connectivity index (χ4n) is 2.22. The lowest BCUT2D eigenvalue weighted by Crippen LogP contribution is -2.26. The van der Waals surface area contributed by atoms with Crippen LogP contribution in [0.4, 0.5) is 0 Å². The van der Waals surface area contributed by atoms with Crippen LogP contribution in [0.25, 0.3) is 11.5 Å². The van der Waals surface area contributed by atoms with Crippen LogP contribution >= 0.6 is 11.6 Å². The molecule has 0 saturated heterocycles. The molecule has 3 rings (SSSR count). The van der Waals surface area contributed by atoms with Crippen LogP contribution in [0.5, 0.6) is 0 Å². The third-order valence-corrected chi connectivity index (χ3v) is 3.83. The van der Waals surface area contributed by atoms with Gasteiger partial charge in [0, 0.05) is 23.2 Å². The van der Waals surface area contributed by atoms with Gasteiger partial charge in [-0.1, -0.05) is 29.3 Å². The molecule has 0 aliphatic heterocycles. The first kappa shape index (κ1) is 16.2. The first-order chi connectivity index (χ1) is 11.5. The summed E-state index contributed by atoms with van der Waals surface area (Å²) < 4.78 is 5.65. The second-order valence-corrected chi connectivity index (χ2v) is 5.97. The van der Waals surface area contributed by atoms with Crippen molar-refractivity contribution in [2.24, 2.45) is 0 Å². The van der Waals surface area contributed by atoms with E-state index in [9.17, 15) is 4.79 Å². The van der Waals surface area contributed by atoms with Gasteiger partial charge in [0.15, 0.2) is 0 Å². The molecule has 0 bridgehead atoms. The Balaban J connectivity index is 1.70. The van der Waals surface area contributed by atoms with Crippen LogP contribution in [0.3, 0.4) is 0 Å². The minimum absolute atomic E-state index is 0.137. The lowest BCUT2D eigenvalue weighted by molar-refractivity contribution is 0.0773. The van der Waals surface area contributed by atoms with Gasteiger partial charge in [-0.05, 0) is 43.3 Å². The van der Waals surface area contributed by atoms with E-state index in [0.29, 0.717) is 22.4 Å². The van der Waals surface area contributed by atoms with Crippen molar-refractivity contribution in [3.8, 4) is 11.5 Å². The van der Waals surface area contributed by atoms with Gasteiger partial charge in [0.05, 0.1) is 6.54 Å². The first-order valence-electron chi connectivity index (χ1n) is 7.43. The monoisotopic (exact) mass is 341 g/mol. The summed E-state index contributed by atoms with van der Waals surface area (Å²) in [6.45, 7) is 2.25. The average Bonchev–Trinajstić information content (AvgIpc) is 3.04. The van der Waals surface area contributed by atoms with Gasteiger partial charge in [-0.25, -0.2) is 0 Å². The zero-order chi connectivity index (χ0) is 17.1. The zero-order valence-corrected chi connectivity index (χ0v) is 14.1. The third-order valence-electron chi connectivity index (χ3n) is 3.58. The van der Waals surface area contributed by atoms with E-state index in [1.54, 1.807) is 31.3 Å². The number of aryl methyl sites for hydroxylation is 1. The molecule has 0 atom stereocenters. The number of hydrogen-bond donors (Lipinski definition) is 0. The molecule has 0 aliphatic carbocycles. The number of rotatable bonds is 4. The number of carbonyl (C=O) groups excluding carboxylic acids is 1. The number of nitrogens with zero attached hydrogens (tertiary/aromatic N) is 3. The van der Waals surface area contributed by atoms with E-state index < -0.39 is 0 Å². The highest BCUT2D eigenvalue weighted by Gasteiger charge is 2.16. The quantitative estimate of drug-likeness (QED) is 0.720. The maximum absolute atomic E-state index is 12.4. The molecule has 1 aromatic heterocycles. The molecule has 2 aromatic carbocycles. The fourth-order valence-corrected chi connectivity index (χ4v) is 2.34. The van der Waals surface area contributed by atoms with Crippen LogP contribution < -0.4 is 0 Å². The molecule has 24 heavy (non-hydrogen) atoms. The summed E-state index contributed by atoms with van der Waals surface area (Å²) in [5.74, 6) is 0.689. The summed E-state index contributed by atoms with van der Waals surface area (Å²) in [6.07, 6.45) is 0. The van der Waals surface area contributed by atoms with Gasteiger partial charge < -0.3 is 9.32 Å². The van der Waals surface area contributed by atoms with Crippen molar-refractivity contribution < 1.29 is 9.21 Å². The second-order valence-electron chi connectivity index (χ2n) is 5.54. The molecular weight excluding hydrogens is 326 g/mol. The molecule has 0 aliphatic rings. The number of carbonyl (C=O) groups is 1. The maximum Gasteiger partial charge on any atom is 0.254 e. The molecule has 1 amide bonds. The molecule has 122 valence electrons. The topological polar surface area (TPSA) is 59.2 Å². The Kier molecular flexibility index (Phi) is 4.62. The van der Waals surface area contributed by atoms with E-state index in [4.69, 9.17) is 16.0 Å². The summed E-state index contributed by atoms with van der Waals surface area (Å²) in [5.41, 5.74) is 2.57. The minimum atomic E-state index is -0.137. The number of halogens is 1. The number of amides is 1. The molecule has 0 N–H and O–H groups in total. The lowest BCUT2D eigenvalue weighted by Gasteiger charge is -2.14. The van der Waals surface area contributed by atoms with Gasteiger partial charge in [0.2, 0.25) is 11.8 Å². The molecule has 0 saturated carbocycles. The third kappa shape index (κ3) is 3.63. The Hall–Kier alpha value is -2.66. The molecule has 3 aromatic rings.